The molecule has 31 heavy (non-hydrogen) atoms. The number of pyridine rings is 1. The predicted molar refractivity (Wildman–Crippen MR) is 118 cm³/mol. The molecule has 2 aliphatic rings. The van der Waals surface area contributed by atoms with Crippen LogP contribution in [0.5, 0.6) is 0 Å². The number of aliphatic hydroxyl groups excluding tert-OH is 1. The van der Waals surface area contributed by atoms with E-state index in [2.05, 4.69) is 38.7 Å². The Morgan fingerprint density at radius 3 is 2.77 bits per heavy atom. The van der Waals surface area contributed by atoms with Crippen molar-refractivity contribution in [3.05, 3.63) is 59.3 Å². The Kier molecular flexibility index (Phi) is 6.48. The highest BCUT2D eigenvalue weighted by atomic mass is 16.3. The number of aromatic nitrogens is 1. The van der Waals surface area contributed by atoms with Gasteiger partial charge in [-0.25, -0.2) is 4.98 Å². The fraction of sp³-hybridized carbons (Fsp3) is 0.435. The van der Waals surface area contributed by atoms with E-state index in [0.717, 1.165) is 19.5 Å². The number of hydrogen-bond acceptors (Lipinski definition) is 6. The lowest BCUT2D eigenvalue weighted by atomic mass is 10.00. The predicted octanol–water partition coefficient (Wildman–Crippen LogP) is 0.873. The molecule has 2 amide bonds. The van der Waals surface area contributed by atoms with Crippen LogP contribution in [0.2, 0.25) is 0 Å². The fourth-order valence-corrected chi connectivity index (χ4v) is 4.07. The first kappa shape index (κ1) is 21.3. The number of hydrogen-bond donors (Lipinski definition) is 3. The minimum atomic E-state index is -0.638. The third kappa shape index (κ3) is 5.39. The van der Waals surface area contributed by atoms with Crippen molar-refractivity contribution in [2.75, 3.05) is 38.0 Å². The van der Waals surface area contributed by atoms with Crippen molar-refractivity contribution in [1.82, 2.24) is 20.1 Å². The monoisotopic (exact) mass is 423 g/mol. The second-order valence-corrected chi connectivity index (χ2v) is 8.31. The molecule has 0 bridgehead atoms. The van der Waals surface area contributed by atoms with Crippen molar-refractivity contribution < 1.29 is 14.7 Å². The zero-order valence-electron chi connectivity index (χ0n) is 17.8. The van der Waals surface area contributed by atoms with E-state index < -0.39 is 6.10 Å². The van der Waals surface area contributed by atoms with Crippen molar-refractivity contribution in [1.29, 1.82) is 0 Å². The lowest BCUT2D eigenvalue weighted by molar-refractivity contribution is -0.132. The van der Waals surface area contributed by atoms with Crippen molar-refractivity contribution in [3.63, 3.8) is 0 Å². The zero-order chi connectivity index (χ0) is 21.8. The van der Waals surface area contributed by atoms with Gasteiger partial charge in [-0.1, -0.05) is 24.3 Å². The number of amides is 2. The molecule has 164 valence electrons. The molecule has 0 radical (unpaired) electrons. The topological polar surface area (TPSA) is 97.8 Å². The van der Waals surface area contributed by atoms with Crippen LogP contribution < -0.4 is 10.6 Å². The molecule has 0 saturated carbocycles. The van der Waals surface area contributed by atoms with E-state index in [1.54, 1.807) is 30.2 Å². The quantitative estimate of drug-likeness (QED) is 0.612. The highest BCUT2D eigenvalue weighted by Gasteiger charge is 2.28. The Morgan fingerprint density at radius 1 is 1.23 bits per heavy atom. The molecule has 3 N–H and O–H groups in total. The Balaban J connectivity index is 1.23. The van der Waals surface area contributed by atoms with Gasteiger partial charge in [0.1, 0.15) is 5.82 Å². The van der Waals surface area contributed by atoms with E-state index in [-0.39, 0.29) is 24.4 Å². The van der Waals surface area contributed by atoms with Gasteiger partial charge in [-0.2, -0.15) is 0 Å². The Hall–Kier alpha value is -2.97. The molecule has 8 nitrogen and oxygen atoms in total. The summed E-state index contributed by atoms with van der Waals surface area (Å²) in [6, 6.07) is 11.9. The summed E-state index contributed by atoms with van der Waals surface area (Å²) < 4.78 is 0. The standard InChI is InChI=1S/C23H29N5O3/c1-16(29)28-13-20(14-28)26-22-10-18(6-8-24-22)23(31)25-11-21(30)15-27-9-7-17-4-2-3-5-19(17)12-27/h2-6,8,10,20-21,30H,7,9,11-15H2,1H3,(H,24,26)(H,25,31). The van der Waals surface area contributed by atoms with E-state index in [1.807, 2.05) is 6.07 Å². The van der Waals surface area contributed by atoms with E-state index in [4.69, 9.17) is 0 Å². The third-order valence-corrected chi connectivity index (χ3v) is 5.88. The summed E-state index contributed by atoms with van der Waals surface area (Å²) in [7, 11) is 0. The van der Waals surface area contributed by atoms with Gasteiger partial charge in [-0.3, -0.25) is 14.5 Å². The zero-order valence-corrected chi connectivity index (χ0v) is 17.8. The van der Waals surface area contributed by atoms with Crippen LogP contribution in [0.3, 0.4) is 0 Å². The molecule has 1 aromatic carbocycles. The molecule has 4 rings (SSSR count). The molecule has 1 saturated heterocycles. The molecule has 0 aliphatic carbocycles. The maximum absolute atomic E-state index is 12.5. The van der Waals surface area contributed by atoms with E-state index in [0.29, 0.717) is 31.0 Å². The number of nitrogens with zero attached hydrogens (tertiary/aromatic N) is 3. The molecule has 2 aliphatic heterocycles. The fourth-order valence-electron chi connectivity index (χ4n) is 4.07. The number of likely N-dealkylation sites (tertiary alicyclic amines) is 1. The number of anilines is 1. The van der Waals surface area contributed by atoms with Gasteiger partial charge in [0.25, 0.3) is 5.91 Å². The average molecular weight is 424 g/mol. The van der Waals surface area contributed by atoms with Gasteiger partial charge >= 0.3 is 0 Å². The van der Waals surface area contributed by atoms with Gasteiger partial charge in [-0.15, -0.1) is 0 Å². The van der Waals surface area contributed by atoms with Crippen LogP contribution in [0, 0.1) is 0 Å². The van der Waals surface area contributed by atoms with Gasteiger partial charge in [0.15, 0.2) is 0 Å². The molecule has 3 heterocycles. The third-order valence-electron chi connectivity index (χ3n) is 5.88. The number of carbonyl (C=O) groups is 2. The van der Waals surface area contributed by atoms with Crippen LogP contribution in [0.25, 0.3) is 0 Å². The number of nitrogens with one attached hydrogen (secondary N) is 2. The van der Waals surface area contributed by atoms with Crippen molar-refractivity contribution in [2.24, 2.45) is 0 Å². The molecule has 1 fully saturated rings. The van der Waals surface area contributed by atoms with Gasteiger partial charge in [0.05, 0.1) is 12.1 Å². The second-order valence-electron chi connectivity index (χ2n) is 8.31. The molecular formula is C23H29N5O3. The van der Waals surface area contributed by atoms with Crippen LogP contribution >= 0.6 is 0 Å². The van der Waals surface area contributed by atoms with Crippen LogP contribution in [0.1, 0.15) is 28.4 Å². The summed E-state index contributed by atoms with van der Waals surface area (Å²) in [6.45, 7) is 5.27. The maximum atomic E-state index is 12.5. The van der Waals surface area contributed by atoms with Gasteiger partial charge in [0.2, 0.25) is 5.91 Å². The van der Waals surface area contributed by atoms with E-state index in [1.165, 1.54) is 11.1 Å². The first-order chi connectivity index (χ1) is 15.0. The van der Waals surface area contributed by atoms with Crippen LogP contribution in [0.15, 0.2) is 42.6 Å². The molecule has 2 aromatic rings. The van der Waals surface area contributed by atoms with Crippen LogP contribution in [-0.2, 0) is 17.8 Å². The number of benzene rings is 1. The summed E-state index contributed by atoms with van der Waals surface area (Å²) in [4.78, 5) is 32.0. The number of rotatable bonds is 7. The summed E-state index contributed by atoms with van der Waals surface area (Å²) in [6.07, 6.45) is 1.93. The Labute approximate surface area is 182 Å². The molecule has 1 unspecified atom stereocenters. The summed E-state index contributed by atoms with van der Waals surface area (Å²) >= 11 is 0. The minimum absolute atomic E-state index is 0.0615. The summed E-state index contributed by atoms with van der Waals surface area (Å²) in [5.74, 6) is 0.423. The first-order valence-corrected chi connectivity index (χ1v) is 10.7. The molecular weight excluding hydrogens is 394 g/mol. The molecule has 8 heteroatoms. The highest BCUT2D eigenvalue weighted by Crippen LogP contribution is 2.18. The lowest BCUT2D eigenvalue weighted by Gasteiger charge is -2.39. The normalized spacial score (nSPS) is 17.4. The Morgan fingerprint density at radius 2 is 2.00 bits per heavy atom. The van der Waals surface area contributed by atoms with E-state index in [9.17, 15) is 14.7 Å². The average Bonchev–Trinajstić information content (AvgIpc) is 2.74. The van der Waals surface area contributed by atoms with Crippen molar-refractivity contribution in [2.45, 2.75) is 32.0 Å². The largest absolute Gasteiger partial charge is 0.390 e. The molecule has 0 spiro atoms. The number of aliphatic hydroxyl groups is 1. The van der Waals surface area contributed by atoms with Crippen LogP contribution in [0.4, 0.5) is 5.82 Å². The summed E-state index contributed by atoms with van der Waals surface area (Å²) in [5, 5.41) is 16.5. The molecule has 1 aromatic heterocycles. The number of carbonyl (C=O) groups excluding carboxylic acids is 2. The van der Waals surface area contributed by atoms with Gasteiger partial charge < -0.3 is 20.6 Å². The minimum Gasteiger partial charge on any atom is -0.390 e. The number of fused-ring (bicyclic) bond motifs is 1. The smallest absolute Gasteiger partial charge is 0.251 e. The van der Waals surface area contributed by atoms with Gasteiger partial charge in [-0.05, 0) is 29.7 Å². The lowest BCUT2D eigenvalue weighted by Crippen LogP contribution is -2.56. The van der Waals surface area contributed by atoms with Crippen LogP contribution in [-0.4, -0.2) is 76.6 Å². The van der Waals surface area contributed by atoms with Crippen molar-refractivity contribution in [3.8, 4) is 0 Å². The maximum Gasteiger partial charge on any atom is 0.251 e. The number of β-amino-alcohol motifs (C(OH)–C–C–N with tert-alkyl or cyclic N) is 1. The Bertz CT molecular complexity index is 944. The molecule has 1 atom stereocenters. The second kappa shape index (κ2) is 9.45. The SMILES string of the molecule is CC(=O)N1CC(Nc2cc(C(=O)NCC(O)CN3CCc4ccccc4C3)ccn2)C1. The van der Waals surface area contributed by atoms with Gasteiger partial charge in [0, 0.05) is 58.0 Å². The highest BCUT2D eigenvalue weighted by molar-refractivity contribution is 5.94. The van der Waals surface area contributed by atoms with Crippen molar-refractivity contribution >= 4 is 17.6 Å². The summed E-state index contributed by atoms with van der Waals surface area (Å²) in [5.41, 5.74) is 3.17. The van der Waals surface area contributed by atoms with E-state index >= 15 is 0 Å². The first-order valence-electron chi connectivity index (χ1n) is 10.7.